The number of aliphatic hydroxyl groups is 1. The monoisotopic (exact) mass is 240 g/mol. The van der Waals surface area contributed by atoms with E-state index in [4.69, 9.17) is 4.42 Å². The first-order valence-corrected chi connectivity index (χ1v) is 5.84. The zero-order valence-corrected chi connectivity index (χ0v) is 9.67. The summed E-state index contributed by atoms with van der Waals surface area (Å²) in [5.41, 5.74) is 1.37. The molecule has 0 bridgehead atoms. The van der Waals surface area contributed by atoms with Gasteiger partial charge in [-0.2, -0.15) is 0 Å². The van der Waals surface area contributed by atoms with Crippen LogP contribution in [0.1, 0.15) is 12.2 Å². The third-order valence-electron chi connectivity index (χ3n) is 3.00. The summed E-state index contributed by atoms with van der Waals surface area (Å²) in [6.45, 7) is 0. The van der Waals surface area contributed by atoms with Crippen LogP contribution in [0.3, 0.4) is 0 Å². The molecule has 1 unspecified atom stereocenters. The van der Waals surface area contributed by atoms with Gasteiger partial charge in [0, 0.05) is 11.6 Å². The van der Waals surface area contributed by atoms with E-state index < -0.39 is 6.10 Å². The summed E-state index contributed by atoms with van der Waals surface area (Å²) < 4.78 is 5.72. The van der Waals surface area contributed by atoms with Crippen molar-refractivity contribution in [2.45, 2.75) is 12.5 Å². The summed E-state index contributed by atoms with van der Waals surface area (Å²) in [5.74, 6) is 0.543. The summed E-state index contributed by atoms with van der Waals surface area (Å²) in [6.07, 6.45) is 5.45. The minimum absolute atomic E-state index is 0.0488. The lowest BCUT2D eigenvalue weighted by atomic mass is 10.0. The molecular formula is C15H12O3. The highest BCUT2D eigenvalue weighted by Gasteiger charge is 2.10. The van der Waals surface area contributed by atoms with Gasteiger partial charge in [0.05, 0.1) is 11.5 Å². The first kappa shape index (κ1) is 11.0. The number of aliphatic hydroxyl groups excluding tert-OH is 1. The standard InChI is InChI=1S/C15H12O3/c16-11-7-5-10(6-8-11)15-9-13(17)12-3-1-2-4-14(12)18-15/h1-7,9,11,16H,8H2. The summed E-state index contributed by atoms with van der Waals surface area (Å²) in [7, 11) is 0. The van der Waals surface area contributed by atoms with Crippen molar-refractivity contribution in [1.29, 1.82) is 0 Å². The molecule has 90 valence electrons. The zero-order chi connectivity index (χ0) is 12.5. The van der Waals surface area contributed by atoms with E-state index in [0.29, 0.717) is 23.2 Å². The number of fused-ring (bicyclic) bond motifs is 1. The van der Waals surface area contributed by atoms with E-state index in [-0.39, 0.29) is 5.43 Å². The molecule has 1 heterocycles. The molecule has 1 atom stereocenters. The van der Waals surface area contributed by atoms with Gasteiger partial charge in [0.2, 0.25) is 0 Å². The van der Waals surface area contributed by atoms with Crippen LogP contribution in [0.5, 0.6) is 0 Å². The van der Waals surface area contributed by atoms with Crippen LogP contribution in [-0.4, -0.2) is 11.2 Å². The average Bonchev–Trinajstić information content (AvgIpc) is 2.39. The number of allylic oxidation sites excluding steroid dienone is 2. The first-order chi connectivity index (χ1) is 8.74. The van der Waals surface area contributed by atoms with Gasteiger partial charge in [0.15, 0.2) is 5.43 Å². The number of hydrogen-bond acceptors (Lipinski definition) is 3. The SMILES string of the molecule is O=c1cc(C2=CCC(O)C=C2)oc2ccccc12. The Labute approximate surface area is 104 Å². The van der Waals surface area contributed by atoms with E-state index in [9.17, 15) is 9.90 Å². The maximum atomic E-state index is 11.9. The quantitative estimate of drug-likeness (QED) is 0.833. The minimum Gasteiger partial charge on any atom is -0.456 e. The third kappa shape index (κ3) is 1.89. The highest BCUT2D eigenvalue weighted by Crippen LogP contribution is 2.23. The van der Waals surface area contributed by atoms with Gasteiger partial charge < -0.3 is 9.52 Å². The Balaban J connectivity index is 2.14. The Kier molecular flexibility index (Phi) is 2.61. The molecule has 0 amide bonds. The smallest absolute Gasteiger partial charge is 0.193 e. The topological polar surface area (TPSA) is 50.4 Å². The van der Waals surface area contributed by atoms with Crippen LogP contribution in [0.15, 0.2) is 57.8 Å². The molecule has 3 heteroatoms. The molecule has 1 aliphatic rings. The van der Waals surface area contributed by atoms with E-state index in [0.717, 1.165) is 5.57 Å². The van der Waals surface area contributed by atoms with Gasteiger partial charge in [-0.3, -0.25) is 4.79 Å². The van der Waals surface area contributed by atoms with E-state index >= 15 is 0 Å². The fraction of sp³-hybridized carbons (Fsp3) is 0.133. The first-order valence-electron chi connectivity index (χ1n) is 5.84. The summed E-state index contributed by atoms with van der Waals surface area (Å²) in [4.78, 5) is 11.9. The highest BCUT2D eigenvalue weighted by atomic mass is 16.3. The predicted molar refractivity (Wildman–Crippen MR) is 70.2 cm³/mol. The molecule has 0 fully saturated rings. The Hall–Kier alpha value is -2.13. The van der Waals surface area contributed by atoms with Gasteiger partial charge in [-0.15, -0.1) is 0 Å². The van der Waals surface area contributed by atoms with Crippen molar-refractivity contribution in [3.8, 4) is 0 Å². The van der Waals surface area contributed by atoms with Crippen LogP contribution in [0.25, 0.3) is 16.5 Å². The Morgan fingerprint density at radius 3 is 2.89 bits per heavy atom. The van der Waals surface area contributed by atoms with Gasteiger partial charge in [-0.25, -0.2) is 0 Å². The lowest BCUT2D eigenvalue weighted by Crippen LogP contribution is -2.06. The van der Waals surface area contributed by atoms with Gasteiger partial charge in [0.1, 0.15) is 11.3 Å². The van der Waals surface area contributed by atoms with E-state index in [1.807, 2.05) is 18.2 Å². The molecule has 18 heavy (non-hydrogen) atoms. The van der Waals surface area contributed by atoms with Crippen molar-refractivity contribution in [3.63, 3.8) is 0 Å². The molecular weight excluding hydrogens is 228 g/mol. The molecule has 0 spiro atoms. The molecule has 0 radical (unpaired) electrons. The fourth-order valence-corrected chi connectivity index (χ4v) is 2.04. The van der Waals surface area contributed by atoms with Crippen LogP contribution in [0, 0.1) is 0 Å². The molecule has 3 rings (SSSR count). The van der Waals surface area contributed by atoms with Crippen molar-refractivity contribution in [1.82, 2.24) is 0 Å². The van der Waals surface area contributed by atoms with Crippen LogP contribution in [-0.2, 0) is 0 Å². The third-order valence-corrected chi connectivity index (χ3v) is 3.00. The second-order valence-corrected chi connectivity index (χ2v) is 4.29. The number of para-hydroxylation sites is 1. The Bertz CT molecular complexity index is 707. The maximum absolute atomic E-state index is 11.9. The molecule has 1 aromatic heterocycles. The Morgan fingerprint density at radius 1 is 1.28 bits per heavy atom. The normalized spacial score (nSPS) is 18.9. The lowest BCUT2D eigenvalue weighted by molar-refractivity contribution is 0.226. The number of hydrogen-bond donors (Lipinski definition) is 1. The van der Waals surface area contributed by atoms with E-state index in [1.54, 1.807) is 24.3 Å². The van der Waals surface area contributed by atoms with Crippen molar-refractivity contribution >= 4 is 16.5 Å². The molecule has 2 aromatic rings. The summed E-state index contributed by atoms with van der Waals surface area (Å²) in [6, 6.07) is 8.68. The highest BCUT2D eigenvalue weighted by molar-refractivity contribution is 5.80. The fourth-order valence-electron chi connectivity index (χ4n) is 2.04. The van der Waals surface area contributed by atoms with E-state index in [2.05, 4.69) is 0 Å². The number of rotatable bonds is 1. The zero-order valence-electron chi connectivity index (χ0n) is 9.67. The van der Waals surface area contributed by atoms with Gasteiger partial charge >= 0.3 is 0 Å². The molecule has 0 saturated heterocycles. The minimum atomic E-state index is -0.444. The number of benzene rings is 1. The largest absolute Gasteiger partial charge is 0.456 e. The predicted octanol–water partition coefficient (Wildman–Crippen LogP) is 2.50. The summed E-state index contributed by atoms with van der Waals surface area (Å²) in [5, 5.41) is 9.96. The van der Waals surface area contributed by atoms with Gasteiger partial charge in [-0.1, -0.05) is 30.4 Å². The maximum Gasteiger partial charge on any atom is 0.193 e. The Morgan fingerprint density at radius 2 is 2.11 bits per heavy atom. The molecule has 1 N–H and O–H groups in total. The molecule has 1 aliphatic carbocycles. The van der Waals surface area contributed by atoms with Crippen molar-refractivity contribution < 1.29 is 9.52 Å². The molecule has 0 saturated carbocycles. The molecule has 0 aliphatic heterocycles. The second-order valence-electron chi connectivity index (χ2n) is 4.29. The molecule has 3 nitrogen and oxygen atoms in total. The van der Waals surface area contributed by atoms with Crippen LogP contribution < -0.4 is 5.43 Å². The lowest BCUT2D eigenvalue weighted by Gasteiger charge is -2.10. The van der Waals surface area contributed by atoms with E-state index in [1.165, 1.54) is 6.07 Å². The van der Waals surface area contributed by atoms with Gasteiger partial charge in [-0.05, 0) is 18.6 Å². The van der Waals surface area contributed by atoms with Crippen LogP contribution >= 0.6 is 0 Å². The van der Waals surface area contributed by atoms with Crippen molar-refractivity contribution in [2.75, 3.05) is 0 Å². The summed E-state index contributed by atoms with van der Waals surface area (Å²) >= 11 is 0. The average molecular weight is 240 g/mol. The van der Waals surface area contributed by atoms with Crippen molar-refractivity contribution in [2.24, 2.45) is 0 Å². The second kappa shape index (κ2) is 4.27. The molecule has 1 aromatic carbocycles. The van der Waals surface area contributed by atoms with Crippen LogP contribution in [0.4, 0.5) is 0 Å². The van der Waals surface area contributed by atoms with Gasteiger partial charge in [0.25, 0.3) is 0 Å². The van der Waals surface area contributed by atoms with Crippen LogP contribution in [0.2, 0.25) is 0 Å². The van der Waals surface area contributed by atoms with Crippen molar-refractivity contribution in [3.05, 3.63) is 64.5 Å².